The number of rotatable bonds is 7. The summed E-state index contributed by atoms with van der Waals surface area (Å²) < 4.78 is 36.7. The average molecular weight is 302 g/mol. The molecule has 1 N–H and O–H groups in total. The van der Waals surface area contributed by atoms with E-state index in [1.54, 1.807) is 6.92 Å². The van der Waals surface area contributed by atoms with Gasteiger partial charge < -0.3 is 5.32 Å². The SMILES string of the molecule is CCN(CCCNC(=O)c1ccc(F)cc1)S(C)(=O)=O. The third kappa shape index (κ3) is 5.26. The molecule has 1 aromatic carbocycles. The van der Waals surface area contributed by atoms with Crippen molar-refractivity contribution >= 4 is 15.9 Å². The first-order chi connectivity index (χ1) is 9.34. The average Bonchev–Trinajstić information content (AvgIpc) is 2.37. The van der Waals surface area contributed by atoms with Gasteiger partial charge in [0.15, 0.2) is 0 Å². The summed E-state index contributed by atoms with van der Waals surface area (Å²) in [6, 6.07) is 5.24. The van der Waals surface area contributed by atoms with Crippen molar-refractivity contribution in [1.29, 1.82) is 0 Å². The molecule has 0 aliphatic carbocycles. The van der Waals surface area contributed by atoms with Crippen LogP contribution in [0.5, 0.6) is 0 Å². The molecule has 112 valence electrons. The number of sulfonamides is 1. The first kappa shape index (κ1) is 16.6. The maximum atomic E-state index is 12.7. The zero-order chi connectivity index (χ0) is 15.2. The molecular weight excluding hydrogens is 283 g/mol. The molecule has 0 saturated heterocycles. The van der Waals surface area contributed by atoms with Crippen LogP contribution in [0.1, 0.15) is 23.7 Å². The van der Waals surface area contributed by atoms with E-state index < -0.39 is 15.8 Å². The Kier molecular flexibility index (Phi) is 6.09. The molecule has 0 radical (unpaired) electrons. The molecule has 0 aliphatic rings. The van der Waals surface area contributed by atoms with Crippen LogP contribution in [0.3, 0.4) is 0 Å². The number of nitrogens with one attached hydrogen (secondary N) is 1. The number of benzene rings is 1. The minimum absolute atomic E-state index is 0.299. The maximum absolute atomic E-state index is 12.7. The lowest BCUT2D eigenvalue weighted by atomic mass is 10.2. The third-order valence-corrected chi connectivity index (χ3v) is 4.18. The van der Waals surface area contributed by atoms with E-state index in [1.165, 1.54) is 28.6 Å². The van der Waals surface area contributed by atoms with Gasteiger partial charge in [-0.3, -0.25) is 4.79 Å². The molecule has 0 fully saturated rings. The molecule has 0 atom stereocenters. The molecule has 0 bridgehead atoms. The fourth-order valence-electron chi connectivity index (χ4n) is 1.72. The predicted octanol–water partition coefficient (Wildman–Crippen LogP) is 1.23. The standard InChI is InChI=1S/C13H19FN2O3S/c1-3-16(20(2,18)19)10-4-9-15-13(17)11-5-7-12(14)8-6-11/h5-8H,3-4,9-10H2,1-2H3,(H,15,17). The second-order valence-electron chi connectivity index (χ2n) is 4.37. The Hall–Kier alpha value is -1.47. The summed E-state index contributed by atoms with van der Waals surface area (Å²) in [6.45, 7) is 2.89. The van der Waals surface area contributed by atoms with Crippen molar-refractivity contribution in [3.63, 3.8) is 0 Å². The minimum Gasteiger partial charge on any atom is -0.352 e. The smallest absolute Gasteiger partial charge is 0.251 e. The van der Waals surface area contributed by atoms with Gasteiger partial charge in [-0.15, -0.1) is 0 Å². The Morgan fingerprint density at radius 3 is 2.40 bits per heavy atom. The highest BCUT2D eigenvalue weighted by molar-refractivity contribution is 7.88. The van der Waals surface area contributed by atoms with Crippen LogP contribution >= 0.6 is 0 Å². The summed E-state index contributed by atoms with van der Waals surface area (Å²) in [5.41, 5.74) is 0.377. The van der Waals surface area contributed by atoms with Gasteiger partial charge in [0.1, 0.15) is 5.82 Å². The van der Waals surface area contributed by atoms with E-state index in [0.29, 0.717) is 31.6 Å². The van der Waals surface area contributed by atoms with Crippen LogP contribution in [0.4, 0.5) is 4.39 Å². The van der Waals surface area contributed by atoms with Gasteiger partial charge in [-0.2, -0.15) is 0 Å². The summed E-state index contributed by atoms with van der Waals surface area (Å²) in [7, 11) is -3.19. The summed E-state index contributed by atoms with van der Waals surface area (Å²) in [4.78, 5) is 11.7. The third-order valence-electron chi connectivity index (χ3n) is 2.80. The minimum atomic E-state index is -3.19. The fourth-order valence-corrected chi connectivity index (χ4v) is 2.65. The van der Waals surface area contributed by atoms with Gasteiger partial charge in [0, 0.05) is 25.2 Å². The Morgan fingerprint density at radius 2 is 1.90 bits per heavy atom. The number of amides is 1. The Bertz CT molecular complexity index is 543. The molecule has 0 aliphatic heterocycles. The summed E-state index contributed by atoms with van der Waals surface area (Å²) in [6.07, 6.45) is 1.68. The number of hydrogen-bond acceptors (Lipinski definition) is 3. The van der Waals surface area contributed by atoms with Gasteiger partial charge in [-0.05, 0) is 30.7 Å². The van der Waals surface area contributed by atoms with Crippen LogP contribution < -0.4 is 5.32 Å². The topological polar surface area (TPSA) is 66.5 Å². The van der Waals surface area contributed by atoms with Crippen molar-refractivity contribution in [2.45, 2.75) is 13.3 Å². The zero-order valence-corrected chi connectivity index (χ0v) is 12.4. The first-order valence-electron chi connectivity index (χ1n) is 6.33. The highest BCUT2D eigenvalue weighted by atomic mass is 32.2. The van der Waals surface area contributed by atoms with Crippen LogP contribution in [0, 0.1) is 5.82 Å². The summed E-state index contributed by atoms with van der Waals surface area (Å²) in [5.74, 6) is -0.694. The molecule has 5 nitrogen and oxygen atoms in total. The molecule has 1 aromatic rings. The van der Waals surface area contributed by atoms with E-state index in [0.717, 1.165) is 6.26 Å². The number of nitrogens with zero attached hydrogens (tertiary/aromatic N) is 1. The van der Waals surface area contributed by atoms with Crippen molar-refractivity contribution in [2.24, 2.45) is 0 Å². The van der Waals surface area contributed by atoms with Crippen LogP contribution in [0.25, 0.3) is 0 Å². The van der Waals surface area contributed by atoms with Gasteiger partial charge in [0.25, 0.3) is 5.91 Å². The molecule has 20 heavy (non-hydrogen) atoms. The lowest BCUT2D eigenvalue weighted by Crippen LogP contribution is -2.33. The number of carbonyl (C=O) groups excluding carboxylic acids is 1. The van der Waals surface area contributed by atoms with Crippen molar-refractivity contribution < 1.29 is 17.6 Å². The molecule has 0 unspecified atom stereocenters. The largest absolute Gasteiger partial charge is 0.352 e. The summed E-state index contributed by atoms with van der Waals surface area (Å²) in [5, 5.41) is 2.67. The highest BCUT2D eigenvalue weighted by Crippen LogP contribution is 2.03. The van der Waals surface area contributed by atoms with E-state index in [1.807, 2.05) is 0 Å². The second kappa shape index (κ2) is 7.35. The van der Waals surface area contributed by atoms with Crippen molar-refractivity contribution in [3.05, 3.63) is 35.6 Å². The van der Waals surface area contributed by atoms with E-state index in [-0.39, 0.29) is 5.91 Å². The Balaban J connectivity index is 2.37. The monoisotopic (exact) mass is 302 g/mol. The fraction of sp³-hybridized carbons (Fsp3) is 0.462. The van der Waals surface area contributed by atoms with Gasteiger partial charge in [-0.25, -0.2) is 17.1 Å². The second-order valence-corrected chi connectivity index (χ2v) is 6.35. The van der Waals surface area contributed by atoms with Crippen LogP contribution in [-0.4, -0.2) is 44.5 Å². The highest BCUT2D eigenvalue weighted by Gasteiger charge is 2.13. The van der Waals surface area contributed by atoms with E-state index in [2.05, 4.69) is 5.32 Å². The quantitative estimate of drug-likeness (QED) is 0.770. The van der Waals surface area contributed by atoms with E-state index in [4.69, 9.17) is 0 Å². The van der Waals surface area contributed by atoms with E-state index >= 15 is 0 Å². The van der Waals surface area contributed by atoms with Gasteiger partial charge >= 0.3 is 0 Å². The van der Waals surface area contributed by atoms with Crippen LogP contribution in [-0.2, 0) is 10.0 Å². The van der Waals surface area contributed by atoms with Gasteiger partial charge in [-0.1, -0.05) is 6.92 Å². The van der Waals surface area contributed by atoms with Crippen molar-refractivity contribution in [2.75, 3.05) is 25.9 Å². The summed E-state index contributed by atoms with van der Waals surface area (Å²) >= 11 is 0. The maximum Gasteiger partial charge on any atom is 0.251 e. The van der Waals surface area contributed by atoms with Crippen molar-refractivity contribution in [3.8, 4) is 0 Å². The Morgan fingerprint density at radius 1 is 1.30 bits per heavy atom. The lowest BCUT2D eigenvalue weighted by Gasteiger charge is -2.17. The number of carbonyl (C=O) groups is 1. The normalized spacial score (nSPS) is 11.6. The number of halogens is 1. The zero-order valence-electron chi connectivity index (χ0n) is 11.6. The number of hydrogen-bond donors (Lipinski definition) is 1. The Labute approximate surface area is 118 Å². The molecule has 0 saturated carbocycles. The molecule has 0 spiro atoms. The van der Waals surface area contributed by atoms with Crippen LogP contribution in [0.2, 0.25) is 0 Å². The van der Waals surface area contributed by atoms with Gasteiger partial charge in [0.2, 0.25) is 10.0 Å². The van der Waals surface area contributed by atoms with Crippen molar-refractivity contribution in [1.82, 2.24) is 9.62 Å². The first-order valence-corrected chi connectivity index (χ1v) is 8.18. The van der Waals surface area contributed by atoms with Crippen LogP contribution in [0.15, 0.2) is 24.3 Å². The predicted molar refractivity (Wildman–Crippen MR) is 75.4 cm³/mol. The molecule has 0 aromatic heterocycles. The molecular formula is C13H19FN2O3S. The molecule has 0 heterocycles. The van der Waals surface area contributed by atoms with Gasteiger partial charge in [0.05, 0.1) is 6.26 Å². The lowest BCUT2D eigenvalue weighted by molar-refractivity contribution is 0.0952. The molecule has 7 heteroatoms. The van der Waals surface area contributed by atoms with E-state index in [9.17, 15) is 17.6 Å². The molecule has 1 rings (SSSR count). The molecule has 1 amide bonds.